The van der Waals surface area contributed by atoms with E-state index in [2.05, 4.69) is 65.5 Å². The van der Waals surface area contributed by atoms with Crippen LogP contribution in [0.25, 0.3) is 0 Å². The lowest BCUT2D eigenvalue weighted by Gasteiger charge is -2.34. The van der Waals surface area contributed by atoms with Crippen molar-refractivity contribution in [2.75, 3.05) is 147 Å². The number of unbranched alkanes of at least 4 members (excludes halogenated alkanes) is 1. The van der Waals surface area contributed by atoms with Gasteiger partial charge in [0.2, 0.25) is 17.4 Å². The van der Waals surface area contributed by atoms with Crippen LogP contribution in [0.5, 0.6) is 5.75 Å². The average Bonchev–Trinajstić information content (AvgIpc) is 0.818. The maximum atomic E-state index is 13.6. The van der Waals surface area contributed by atoms with Gasteiger partial charge in [-0.05, 0) is 138 Å². The molecule has 0 aromatic heterocycles. The fraction of sp³-hybridized carbons (Fsp3) is 0.862. The molecular weight excluding hydrogens is 1260 g/mol. The third-order valence-corrected chi connectivity index (χ3v) is 23.1. The quantitative estimate of drug-likeness (QED) is 0.0121. The Morgan fingerprint density at radius 3 is 1.18 bits per heavy atom. The molecule has 0 aliphatic rings. The highest BCUT2D eigenvalue weighted by Crippen LogP contribution is 2.34. The normalized spacial score (nSPS) is 12.4. The van der Waals surface area contributed by atoms with Gasteiger partial charge in [0, 0.05) is 28.4 Å². The number of ether oxygens (including phenoxy) is 12. The van der Waals surface area contributed by atoms with Crippen LogP contribution < -0.4 is 9.64 Å². The summed E-state index contributed by atoms with van der Waals surface area (Å²) in [4.78, 5) is 34.2. The van der Waals surface area contributed by atoms with Gasteiger partial charge >= 0.3 is 17.9 Å². The molecule has 0 amide bonds. The number of esters is 3. The first-order valence-electron chi connectivity index (χ1n) is 32.7. The fourth-order valence-electron chi connectivity index (χ4n) is 7.15. The largest absolute Gasteiger partial charge is 0.744 e. The predicted molar refractivity (Wildman–Crippen MR) is 355 cm³/mol. The van der Waals surface area contributed by atoms with Crippen LogP contribution in [0.4, 0.5) is 17.6 Å². The van der Waals surface area contributed by atoms with Crippen molar-refractivity contribution in [3.05, 3.63) is 23.3 Å². The van der Waals surface area contributed by atoms with Gasteiger partial charge < -0.3 is 70.4 Å². The van der Waals surface area contributed by atoms with Crippen molar-refractivity contribution >= 4 is 44.7 Å². The monoisotopic (exact) mass is 1390 g/mol. The van der Waals surface area contributed by atoms with Crippen LogP contribution >= 0.6 is 0 Å². The fourth-order valence-corrected chi connectivity index (χ4v) is 16.8. The maximum Gasteiger partial charge on any atom is 0.317 e. The lowest BCUT2D eigenvalue weighted by molar-refractivity contribution is -0.901. The van der Waals surface area contributed by atoms with E-state index < -0.39 is 72.1 Å². The highest BCUT2D eigenvalue weighted by molar-refractivity contribution is 7.85. The van der Waals surface area contributed by atoms with Gasteiger partial charge in [0.15, 0.2) is 28.3 Å². The molecule has 0 spiro atoms. The Balaban J connectivity index is -0.000000536. The van der Waals surface area contributed by atoms with Gasteiger partial charge in [-0.25, -0.2) is 17.2 Å². The Kier molecular flexibility index (Phi) is 56.4. The molecule has 1 rings (SSSR count). The van der Waals surface area contributed by atoms with Gasteiger partial charge in [-0.2, -0.15) is 8.78 Å². The van der Waals surface area contributed by atoms with Crippen LogP contribution in [-0.4, -0.2) is 201 Å². The van der Waals surface area contributed by atoms with Gasteiger partial charge in [0.25, 0.3) is 0 Å². The van der Waals surface area contributed by atoms with E-state index in [0.717, 1.165) is 84.0 Å². The number of hydrogen-bond donors (Lipinski definition) is 1. The van der Waals surface area contributed by atoms with Gasteiger partial charge in [-0.3, -0.25) is 14.4 Å². The van der Waals surface area contributed by atoms with E-state index in [0.29, 0.717) is 91.3 Å². The first-order valence-corrected chi connectivity index (χ1v) is 40.3. The summed E-state index contributed by atoms with van der Waals surface area (Å²) in [6, 6.07) is 2.31. The second-order valence-electron chi connectivity index (χ2n) is 25.6. The molecule has 1 aromatic carbocycles. The zero-order valence-corrected chi connectivity index (χ0v) is 63.7. The van der Waals surface area contributed by atoms with Crippen LogP contribution in [0, 0.1) is 45.4 Å². The lowest BCUT2D eigenvalue weighted by Crippen LogP contribution is -3.13. The van der Waals surface area contributed by atoms with Gasteiger partial charge in [-0.1, -0.05) is 61.3 Å². The Morgan fingerprint density at radius 2 is 0.848 bits per heavy atom. The van der Waals surface area contributed by atoms with E-state index in [9.17, 15) is 44.9 Å². The minimum Gasteiger partial charge on any atom is -0.744 e. The summed E-state index contributed by atoms with van der Waals surface area (Å²) in [5, 5.41) is 0. The Hall–Kier alpha value is -2.75. The summed E-state index contributed by atoms with van der Waals surface area (Å²) in [6.45, 7) is 48.6. The molecule has 0 bridgehead atoms. The molecule has 0 radical (unpaired) electrons. The van der Waals surface area contributed by atoms with Crippen molar-refractivity contribution in [2.45, 2.75) is 204 Å². The van der Waals surface area contributed by atoms with E-state index in [1.165, 1.54) is 37.6 Å². The molecular formula is C65H127F4NO19SSi2. The number of nitrogens with one attached hydrogen (secondary N) is 1. The lowest BCUT2D eigenvalue weighted by atomic mass is 9.91. The minimum atomic E-state index is -5.81. The van der Waals surface area contributed by atoms with Gasteiger partial charge in [0.1, 0.15) is 34.6 Å². The highest BCUT2D eigenvalue weighted by Gasteiger charge is 2.36. The van der Waals surface area contributed by atoms with E-state index in [-0.39, 0.29) is 29.2 Å². The van der Waals surface area contributed by atoms with Crippen LogP contribution in [0.15, 0.2) is 4.90 Å². The number of halogens is 4. The molecule has 0 saturated heterocycles. The van der Waals surface area contributed by atoms with E-state index in [1.54, 1.807) is 35.4 Å². The summed E-state index contributed by atoms with van der Waals surface area (Å²) in [7, 11) is -2.28. The van der Waals surface area contributed by atoms with Crippen molar-refractivity contribution in [3.8, 4) is 5.75 Å². The number of quaternary nitrogens is 1. The van der Waals surface area contributed by atoms with Gasteiger partial charge in [0.05, 0.1) is 121 Å². The number of hydrogen-bond acceptors (Lipinski definition) is 19. The molecule has 0 aliphatic heterocycles. The number of rotatable bonds is 47. The number of carbonyl (C=O) groups is 3. The van der Waals surface area contributed by atoms with Crippen LogP contribution in [0.3, 0.4) is 0 Å². The second kappa shape index (κ2) is 54.3. The van der Waals surface area contributed by atoms with E-state index in [4.69, 9.17) is 56.2 Å². The van der Waals surface area contributed by atoms with Crippen molar-refractivity contribution < 1.29 is 111 Å². The zero-order valence-electron chi connectivity index (χ0n) is 60.8. The first-order chi connectivity index (χ1) is 42.8. The zero-order chi connectivity index (χ0) is 71.6. The summed E-state index contributed by atoms with van der Waals surface area (Å²) >= 11 is 0. The molecule has 1 aromatic rings. The first kappa shape index (κ1) is 95.6. The summed E-state index contributed by atoms with van der Waals surface area (Å²) in [5.41, 5.74) is -1.90. The molecule has 548 valence electrons. The van der Waals surface area contributed by atoms with Crippen molar-refractivity contribution in [2.24, 2.45) is 22.2 Å². The Bertz CT molecular complexity index is 2100. The van der Waals surface area contributed by atoms with Crippen LogP contribution in [0.2, 0.25) is 38.3 Å². The van der Waals surface area contributed by atoms with Crippen LogP contribution in [0.1, 0.15) is 155 Å². The van der Waals surface area contributed by atoms with Crippen LogP contribution in [-0.2, 0) is 80.7 Å². The Morgan fingerprint density at radius 1 is 0.500 bits per heavy atom. The SMILES string of the molecule is CCC(C)(C)C(=O)OCCCC(C)C.CCC(C)(C)C(=O)Oc1c(F)c(F)c(S(=O)(=O)[O-])c(F)c1F.CCC(C)OCCOCCOC.CCCC[Si](C)(C)O[Si](C)(C)CCCOC(=O)C(C)(C)CC.COCCOCC[NH+](CCOCCOC)CCOCCOC. The molecule has 1 atom stereocenters. The Labute approximate surface area is 555 Å². The molecule has 1 N–H and O–H groups in total. The second-order valence-corrected chi connectivity index (χ2v) is 35.8. The molecule has 0 saturated carbocycles. The van der Waals surface area contributed by atoms with Gasteiger partial charge in [-0.15, -0.1) is 0 Å². The summed E-state index contributed by atoms with van der Waals surface area (Å²) in [5.74, 6) is -11.9. The van der Waals surface area contributed by atoms with E-state index >= 15 is 0 Å². The third-order valence-electron chi connectivity index (χ3n) is 14.7. The molecule has 0 fully saturated rings. The topological polar surface area (TPSA) is 233 Å². The molecule has 0 aliphatic carbocycles. The van der Waals surface area contributed by atoms with E-state index in [1.807, 2.05) is 41.5 Å². The minimum absolute atomic E-state index is 0.0660. The van der Waals surface area contributed by atoms with Crippen molar-refractivity contribution in [3.63, 3.8) is 0 Å². The maximum absolute atomic E-state index is 13.6. The standard InChI is InChI=1S/C17H38O3Si2.C15H33NO6.C12H12F4O5S.C12H24O2.C9H20O3/c1-9-11-14-21(5,6)20-22(7,8)15-12-13-19-16(18)17(3,4)10-2;1-17-10-13-20-7-4-16(5-8-21-14-11-18-2)6-9-22-15-12-19-3;1-4-12(2,3)11(17)21-9-5(13)7(15)10(22(18,19)20)8(16)6(9)14;1-6-12(4,5)11(13)14-9-7-8-10(2)3;1-4-9(2)12-8-7-11-6-5-10-3/h9-15H2,1-8H3;4-15H2,1-3H3;4H2,1-3H3,(H,18,19,20);10H,6-9H2,1-5H3;9H,4-8H2,1-3H3. The third kappa shape index (κ3) is 48.9. The number of carbonyl (C=O) groups excluding carboxylic acids is 3. The number of methoxy groups -OCH3 is 4. The number of benzene rings is 1. The average molecular weight is 1390 g/mol. The summed E-state index contributed by atoms with van der Waals surface area (Å²) < 4.78 is 155. The molecule has 92 heavy (non-hydrogen) atoms. The van der Waals surface area contributed by atoms with Crippen molar-refractivity contribution in [1.29, 1.82) is 0 Å². The smallest absolute Gasteiger partial charge is 0.317 e. The van der Waals surface area contributed by atoms with Crippen molar-refractivity contribution in [1.82, 2.24) is 0 Å². The predicted octanol–water partition coefficient (Wildman–Crippen LogP) is 11.8. The summed E-state index contributed by atoms with van der Waals surface area (Å²) in [6.07, 6.45) is 8.76. The molecule has 0 heterocycles. The molecule has 20 nitrogen and oxygen atoms in total. The highest BCUT2D eigenvalue weighted by atomic mass is 32.2. The molecule has 1 unspecified atom stereocenters. The molecule has 27 heteroatoms.